The summed E-state index contributed by atoms with van der Waals surface area (Å²) in [4.78, 5) is 25.3. The van der Waals surface area contributed by atoms with Crippen LogP contribution < -0.4 is 9.47 Å². The highest BCUT2D eigenvalue weighted by Gasteiger charge is 2.22. The first kappa shape index (κ1) is 27.5. The molecule has 0 aliphatic rings. The number of ketones is 1. The second kappa shape index (κ2) is 12.3. The van der Waals surface area contributed by atoms with Crippen LogP contribution in [0.2, 0.25) is 0 Å². The van der Waals surface area contributed by atoms with Crippen LogP contribution in [0.25, 0.3) is 0 Å². The lowest BCUT2D eigenvalue weighted by Gasteiger charge is -2.23. The van der Waals surface area contributed by atoms with Gasteiger partial charge >= 0.3 is 5.97 Å². The Labute approximate surface area is 228 Å². The number of carbonyl (C=O) groups is 2. The Hall–Kier alpha value is -4.58. The number of hydrogen-bond donors (Lipinski definition) is 1. The minimum atomic E-state index is -0.650. The van der Waals surface area contributed by atoms with Crippen molar-refractivity contribution in [2.75, 3.05) is 6.61 Å². The number of ether oxygens (including phenoxy) is 3. The fraction of sp³-hybridized carbons (Fsp3) is 0.212. The summed E-state index contributed by atoms with van der Waals surface area (Å²) in [6.45, 7) is 6.50. The third-order valence-electron chi connectivity index (χ3n) is 6.12. The van der Waals surface area contributed by atoms with Gasteiger partial charge in [-0.3, -0.25) is 4.79 Å². The molecular weight excluding hydrogens is 492 g/mol. The standard InChI is InChI=1S/C33H32O6/c1-33(2,3)28-18-25(14-17-31(28)38-20-23-10-6-4-7-11-23)30(35)22-37-26-15-16-27(29(34)19-26)32(36)39-21-24-12-8-5-9-13-24/h4-19,34H,20-22H2,1-3H3. The molecule has 1 N–H and O–H groups in total. The summed E-state index contributed by atoms with van der Waals surface area (Å²) in [7, 11) is 0. The van der Waals surface area contributed by atoms with E-state index in [1.807, 2.05) is 72.8 Å². The van der Waals surface area contributed by atoms with E-state index in [1.54, 1.807) is 6.07 Å². The number of phenolic OH excluding ortho intramolecular Hbond substituents is 1. The summed E-state index contributed by atoms with van der Waals surface area (Å²) in [6, 6.07) is 28.8. The van der Waals surface area contributed by atoms with E-state index in [0.717, 1.165) is 22.4 Å². The minimum absolute atomic E-state index is 0.0190. The molecule has 0 saturated heterocycles. The van der Waals surface area contributed by atoms with Gasteiger partial charge in [0.25, 0.3) is 0 Å². The van der Waals surface area contributed by atoms with Crippen molar-refractivity contribution in [2.24, 2.45) is 0 Å². The monoisotopic (exact) mass is 524 g/mol. The van der Waals surface area contributed by atoms with Crippen molar-refractivity contribution in [3.05, 3.63) is 125 Å². The first-order chi connectivity index (χ1) is 18.7. The van der Waals surface area contributed by atoms with Gasteiger partial charge in [-0.1, -0.05) is 81.4 Å². The Morgan fingerprint density at radius 1 is 0.744 bits per heavy atom. The average molecular weight is 525 g/mol. The van der Waals surface area contributed by atoms with Gasteiger partial charge in [0.15, 0.2) is 12.4 Å². The van der Waals surface area contributed by atoms with Gasteiger partial charge in [0.2, 0.25) is 0 Å². The molecule has 39 heavy (non-hydrogen) atoms. The minimum Gasteiger partial charge on any atom is -0.507 e. The molecule has 0 amide bonds. The Kier molecular flexibility index (Phi) is 8.67. The van der Waals surface area contributed by atoms with Crippen LogP contribution in [-0.2, 0) is 23.4 Å². The summed E-state index contributed by atoms with van der Waals surface area (Å²) >= 11 is 0. The van der Waals surface area contributed by atoms with Crippen LogP contribution in [0.1, 0.15) is 58.2 Å². The molecule has 0 saturated carbocycles. The van der Waals surface area contributed by atoms with Gasteiger partial charge in [0, 0.05) is 17.2 Å². The van der Waals surface area contributed by atoms with Crippen molar-refractivity contribution in [1.82, 2.24) is 0 Å². The van der Waals surface area contributed by atoms with Gasteiger partial charge in [-0.05, 0) is 46.9 Å². The number of rotatable bonds is 10. The average Bonchev–Trinajstić information content (AvgIpc) is 2.94. The lowest BCUT2D eigenvalue weighted by atomic mass is 9.85. The zero-order valence-corrected chi connectivity index (χ0v) is 22.3. The molecule has 0 radical (unpaired) electrons. The lowest BCUT2D eigenvalue weighted by Crippen LogP contribution is -2.17. The van der Waals surface area contributed by atoms with E-state index in [-0.39, 0.29) is 41.5 Å². The maximum Gasteiger partial charge on any atom is 0.342 e. The quantitative estimate of drug-likeness (QED) is 0.180. The second-order valence-corrected chi connectivity index (χ2v) is 10.2. The summed E-state index contributed by atoms with van der Waals surface area (Å²) in [5, 5.41) is 10.4. The third-order valence-corrected chi connectivity index (χ3v) is 6.12. The normalized spacial score (nSPS) is 11.1. The van der Waals surface area contributed by atoms with E-state index >= 15 is 0 Å². The molecule has 0 fully saturated rings. The molecule has 0 aliphatic carbocycles. The summed E-state index contributed by atoms with van der Waals surface area (Å²) in [6.07, 6.45) is 0. The highest BCUT2D eigenvalue weighted by Crippen LogP contribution is 2.33. The first-order valence-corrected chi connectivity index (χ1v) is 12.7. The number of benzene rings is 4. The zero-order valence-electron chi connectivity index (χ0n) is 22.3. The number of Topliss-reactive ketones (excluding diaryl/α,β-unsaturated/α-hetero) is 1. The van der Waals surface area contributed by atoms with Crippen LogP contribution >= 0.6 is 0 Å². The molecule has 0 unspecified atom stereocenters. The Morgan fingerprint density at radius 2 is 1.38 bits per heavy atom. The number of phenols is 1. The molecule has 6 nitrogen and oxygen atoms in total. The molecule has 6 heteroatoms. The van der Waals surface area contributed by atoms with Gasteiger partial charge in [0.05, 0.1) is 0 Å². The number of esters is 1. The van der Waals surface area contributed by atoms with Gasteiger partial charge in [-0.2, -0.15) is 0 Å². The van der Waals surface area contributed by atoms with E-state index in [1.165, 1.54) is 18.2 Å². The molecule has 200 valence electrons. The van der Waals surface area contributed by atoms with Crippen molar-refractivity contribution in [3.63, 3.8) is 0 Å². The molecule has 0 atom stereocenters. The Balaban J connectivity index is 1.38. The van der Waals surface area contributed by atoms with Crippen LogP contribution in [0, 0.1) is 0 Å². The number of carbonyl (C=O) groups excluding carboxylic acids is 2. The van der Waals surface area contributed by atoms with Gasteiger partial charge in [0.1, 0.15) is 36.0 Å². The van der Waals surface area contributed by atoms with Gasteiger partial charge < -0.3 is 19.3 Å². The predicted octanol–water partition coefficient (Wildman–Crippen LogP) is 6.89. The van der Waals surface area contributed by atoms with E-state index in [4.69, 9.17) is 14.2 Å². The summed E-state index contributed by atoms with van der Waals surface area (Å²) < 4.78 is 17.0. The number of aromatic hydroxyl groups is 1. The van der Waals surface area contributed by atoms with Crippen LogP contribution in [-0.4, -0.2) is 23.5 Å². The molecular formula is C33H32O6. The predicted molar refractivity (Wildman–Crippen MR) is 149 cm³/mol. The van der Waals surface area contributed by atoms with Crippen molar-refractivity contribution in [1.29, 1.82) is 0 Å². The molecule has 0 spiro atoms. The first-order valence-electron chi connectivity index (χ1n) is 12.7. The van der Waals surface area contributed by atoms with E-state index in [2.05, 4.69) is 20.8 Å². The molecule has 0 aromatic heterocycles. The maximum atomic E-state index is 13.0. The lowest BCUT2D eigenvalue weighted by molar-refractivity contribution is 0.0469. The molecule has 0 aliphatic heterocycles. The Morgan fingerprint density at radius 3 is 2.00 bits per heavy atom. The van der Waals surface area contributed by atoms with Crippen LogP contribution in [0.4, 0.5) is 0 Å². The van der Waals surface area contributed by atoms with Crippen LogP contribution in [0.5, 0.6) is 17.2 Å². The largest absolute Gasteiger partial charge is 0.507 e. The van der Waals surface area contributed by atoms with Crippen molar-refractivity contribution >= 4 is 11.8 Å². The second-order valence-electron chi connectivity index (χ2n) is 10.2. The fourth-order valence-electron chi connectivity index (χ4n) is 3.96. The number of hydrogen-bond acceptors (Lipinski definition) is 6. The molecule has 4 rings (SSSR count). The molecule has 4 aromatic carbocycles. The van der Waals surface area contributed by atoms with Crippen LogP contribution in [0.3, 0.4) is 0 Å². The topological polar surface area (TPSA) is 82.1 Å². The molecule has 4 aromatic rings. The van der Waals surface area contributed by atoms with Gasteiger partial charge in [-0.25, -0.2) is 4.79 Å². The third kappa shape index (κ3) is 7.48. The SMILES string of the molecule is CC(C)(C)c1cc(C(=O)COc2ccc(C(=O)OCc3ccccc3)c(O)c2)ccc1OCc1ccccc1. The summed E-state index contributed by atoms with van der Waals surface area (Å²) in [5.74, 6) is -0.167. The van der Waals surface area contributed by atoms with Crippen molar-refractivity contribution < 1.29 is 28.9 Å². The van der Waals surface area contributed by atoms with Crippen molar-refractivity contribution in [3.8, 4) is 17.2 Å². The van der Waals surface area contributed by atoms with E-state index < -0.39 is 5.97 Å². The summed E-state index contributed by atoms with van der Waals surface area (Å²) in [5.41, 5.74) is 3.09. The van der Waals surface area contributed by atoms with Gasteiger partial charge in [-0.15, -0.1) is 0 Å². The zero-order chi connectivity index (χ0) is 27.8. The molecule has 0 heterocycles. The van der Waals surface area contributed by atoms with E-state index in [0.29, 0.717) is 12.2 Å². The highest BCUT2D eigenvalue weighted by molar-refractivity contribution is 5.97. The molecule has 0 bridgehead atoms. The maximum absolute atomic E-state index is 13.0. The highest BCUT2D eigenvalue weighted by atomic mass is 16.5. The fourth-order valence-corrected chi connectivity index (χ4v) is 3.96. The van der Waals surface area contributed by atoms with Crippen LogP contribution in [0.15, 0.2) is 97.1 Å². The van der Waals surface area contributed by atoms with E-state index in [9.17, 15) is 14.7 Å². The Bertz CT molecular complexity index is 1420. The smallest absolute Gasteiger partial charge is 0.342 e. The van der Waals surface area contributed by atoms with Crippen molar-refractivity contribution in [2.45, 2.75) is 39.4 Å².